The number of halogens is 2. The molecule has 0 aromatic heterocycles. The SMILES string of the molecule is CC(O)(Cl)Cl.CS(=O)(=O)O. The van der Waals surface area contributed by atoms with Gasteiger partial charge in [-0.3, -0.25) is 4.55 Å². The summed E-state index contributed by atoms with van der Waals surface area (Å²) in [4.78, 5) is 0. The highest BCUT2D eigenvalue weighted by Crippen LogP contribution is 2.12. The molecule has 0 atom stereocenters. The van der Waals surface area contributed by atoms with Crippen LogP contribution >= 0.6 is 23.2 Å². The Bertz CT molecular complexity index is 153. The van der Waals surface area contributed by atoms with Gasteiger partial charge < -0.3 is 5.11 Å². The maximum Gasteiger partial charge on any atom is 0.261 e. The van der Waals surface area contributed by atoms with Gasteiger partial charge in [-0.25, -0.2) is 0 Å². The summed E-state index contributed by atoms with van der Waals surface area (Å²) in [5.41, 5.74) is 0. The van der Waals surface area contributed by atoms with Crippen molar-refractivity contribution in [2.45, 2.75) is 11.4 Å². The number of alkyl halides is 2. The highest BCUT2D eigenvalue weighted by Gasteiger charge is 2.05. The number of hydrogen-bond donors (Lipinski definition) is 2. The Labute approximate surface area is 69.5 Å². The van der Waals surface area contributed by atoms with E-state index in [0.717, 1.165) is 0 Å². The van der Waals surface area contributed by atoms with Gasteiger partial charge in [-0.05, 0) is 6.92 Å². The van der Waals surface area contributed by atoms with E-state index in [4.69, 9.17) is 32.9 Å². The molecule has 0 aliphatic rings. The van der Waals surface area contributed by atoms with E-state index in [9.17, 15) is 8.42 Å². The van der Waals surface area contributed by atoms with Gasteiger partial charge in [-0.2, -0.15) is 8.42 Å². The molecule has 0 amide bonds. The van der Waals surface area contributed by atoms with E-state index in [1.807, 2.05) is 0 Å². The molecule has 7 heteroatoms. The molecule has 0 saturated heterocycles. The smallest absolute Gasteiger partial charge is 0.261 e. The Kier molecular flexibility index (Phi) is 5.69. The summed E-state index contributed by atoms with van der Waals surface area (Å²) < 4.78 is 24.3. The molecule has 0 saturated carbocycles. The van der Waals surface area contributed by atoms with Gasteiger partial charge in [0.05, 0.1) is 6.26 Å². The van der Waals surface area contributed by atoms with E-state index in [1.54, 1.807) is 0 Å². The topological polar surface area (TPSA) is 74.6 Å². The van der Waals surface area contributed by atoms with Crippen LogP contribution in [-0.4, -0.2) is 28.9 Å². The van der Waals surface area contributed by atoms with Crippen molar-refractivity contribution in [1.29, 1.82) is 0 Å². The van der Waals surface area contributed by atoms with Crippen LogP contribution in [0.3, 0.4) is 0 Å². The van der Waals surface area contributed by atoms with E-state index in [-0.39, 0.29) is 0 Å². The van der Waals surface area contributed by atoms with E-state index in [1.165, 1.54) is 6.92 Å². The summed E-state index contributed by atoms with van der Waals surface area (Å²) in [7, 11) is -3.67. The third kappa shape index (κ3) is 2320. The van der Waals surface area contributed by atoms with E-state index >= 15 is 0 Å². The first-order valence-corrected chi connectivity index (χ1v) is 4.63. The zero-order valence-electron chi connectivity index (χ0n) is 5.38. The van der Waals surface area contributed by atoms with Gasteiger partial charge in [0.1, 0.15) is 0 Å². The monoisotopic (exact) mass is 210 g/mol. The predicted molar refractivity (Wildman–Crippen MR) is 39.8 cm³/mol. The summed E-state index contributed by atoms with van der Waals surface area (Å²) in [6.45, 7) is 1.27. The van der Waals surface area contributed by atoms with Gasteiger partial charge in [0.25, 0.3) is 10.1 Å². The zero-order valence-corrected chi connectivity index (χ0v) is 7.70. The van der Waals surface area contributed by atoms with Crippen LogP contribution in [0.4, 0.5) is 0 Å². The Balaban J connectivity index is 0. The van der Waals surface area contributed by atoms with Crippen LogP contribution in [0, 0.1) is 0 Å². The highest BCUT2D eigenvalue weighted by molar-refractivity contribution is 7.85. The lowest BCUT2D eigenvalue weighted by atomic mass is 10.9. The molecule has 0 aliphatic carbocycles. The van der Waals surface area contributed by atoms with Gasteiger partial charge >= 0.3 is 0 Å². The maximum atomic E-state index is 9.19. The molecule has 0 heterocycles. The molecular formula is C3H8Cl2O4S. The average Bonchev–Trinajstić information content (AvgIpc) is 1.12. The van der Waals surface area contributed by atoms with Crippen molar-refractivity contribution >= 4 is 33.3 Å². The first-order chi connectivity index (χ1) is 4.00. The van der Waals surface area contributed by atoms with Crippen LogP contribution in [0.15, 0.2) is 0 Å². The number of aliphatic hydroxyl groups is 1. The summed E-state index contributed by atoms with van der Waals surface area (Å²) in [5, 5.41) is 8.05. The van der Waals surface area contributed by atoms with Crippen molar-refractivity contribution in [2.24, 2.45) is 0 Å². The number of hydrogen-bond acceptors (Lipinski definition) is 3. The van der Waals surface area contributed by atoms with Crippen LogP contribution < -0.4 is 0 Å². The molecule has 10 heavy (non-hydrogen) atoms. The van der Waals surface area contributed by atoms with E-state index < -0.39 is 14.6 Å². The molecule has 0 spiro atoms. The summed E-state index contributed by atoms with van der Waals surface area (Å²) in [6.07, 6.45) is 0.715. The maximum absolute atomic E-state index is 9.19. The Hall–Kier alpha value is 0.450. The van der Waals surface area contributed by atoms with Crippen molar-refractivity contribution < 1.29 is 18.1 Å². The molecule has 0 fully saturated rings. The van der Waals surface area contributed by atoms with Crippen molar-refractivity contribution in [1.82, 2.24) is 0 Å². The second-order valence-corrected chi connectivity index (χ2v) is 4.71. The molecule has 0 unspecified atom stereocenters. The normalized spacial score (nSPS) is 11.8. The van der Waals surface area contributed by atoms with Gasteiger partial charge in [-0.15, -0.1) is 0 Å². The second-order valence-electron chi connectivity index (χ2n) is 1.58. The largest absolute Gasteiger partial charge is 0.363 e. The van der Waals surface area contributed by atoms with Gasteiger partial charge in [-0.1, -0.05) is 23.2 Å². The fourth-order valence-corrected chi connectivity index (χ4v) is 0. The lowest BCUT2D eigenvalue weighted by Gasteiger charge is -1.97. The molecule has 0 radical (unpaired) electrons. The standard InChI is InChI=1S/C2H4Cl2O.CH4O3S/c1-2(3,4)5;1-5(2,3)4/h5H,1H3;1H3,(H,2,3,4). The number of rotatable bonds is 0. The molecule has 0 aromatic carbocycles. The highest BCUT2D eigenvalue weighted by atomic mass is 35.5. The molecule has 0 aliphatic heterocycles. The fraction of sp³-hybridized carbons (Fsp3) is 1.00. The minimum absolute atomic E-state index is 0.715. The molecule has 2 N–H and O–H groups in total. The quantitative estimate of drug-likeness (QED) is 0.455. The molecular weight excluding hydrogens is 203 g/mol. The second kappa shape index (κ2) is 4.35. The zero-order chi connectivity index (χ0) is 9.00. The summed E-state index contributed by atoms with van der Waals surface area (Å²) >= 11 is 9.70. The lowest BCUT2D eigenvalue weighted by Crippen LogP contribution is -2.00. The minimum Gasteiger partial charge on any atom is -0.363 e. The molecule has 0 bridgehead atoms. The first kappa shape index (κ1) is 13.1. The summed E-state index contributed by atoms with van der Waals surface area (Å²) in [6, 6.07) is 0. The fourth-order valence-electron chi connectivity index (χ4n) is 0. The average molecular weight is 211 g/mol. The lowest BCUT2D eigenvalue weighted by molar-refractivity contribution is 0.236. The van der Waals surface area contributed by atoms with Crippen molar-refractivity contribution in [3.05, 3.63) is 0 Å². The summed E-state index contributed by atoms with van der Waals surface area (Å²) in [5.74, 6) is 0. The first-order valence-electron chi connectivity index (χ1n) is 2.03. The molecule has 0 rings (SSSR count). The van der Waals surface area contributed by atoms with Crippen LogP contribution in [0.2, 0.25) is 0 Å². The molecule has 64 valence electrons. The Morgan fingerprint density at radius 3 is 1.40 bits per heavy atom. The minimum atomic E-state index is -3.67. The van der Waals surface area contributed by atoms with Crippen molar-refractivity contribution in [2.75, 3.05) is 6.26 Å². The van der Waals surface area contributed by atoms with Gasteiger partial charge in [0, 0.05) is 0 Å². The van der Waals surface area contributed by atoms with Gasteiger partial charge in [0.2, 0.25) is 4.52 Å². The Morgan fingerprint density at radius 1 is 1.40 bits per heavy atom. The van der Waals surface area contributed by atoms with Crippen LogP contribution in [0.25, 0.3) is 0 Å². The van der Waals surface area contributed by atoms with Crippen molar-refractivity contribution in [3.8, 4) is 0 Å². The van der Waals surface area contributed by atoms with Crippen LogP contribution in [0.5, 0.6) is 0 Å². The van der Waals surface area contributed by atoms with E-state index in [2.05, 4.69) is 0 Å². The van der Waals surface area contributed by atoms with Crippen LogP contribution in [0.1, 0.15) is 6.92 Å². The van der Waals surface area contributed by atoms with Crippen LogP contribution in [-0.2, 0) is 10.1 Å². The van der Waals surface area contributed by atoms with E-state index in [0.29, 0.717) is 6.26 Å². The third-order valence-electron chi connectivity index (χ3n) is 0. The predicted octanol–water partition coefficient (Wildman–Crippen LogP) is 0.634. The third-order valence-corrected chi connectivity index (χ3v) is 0. The van der Waals surface area contributed by atoms with Gasteiger partial charge in [0.15, 0.2) is 0 Å². The molecule has 0 aromatic rings. The Morgan fingerprint density at radius 2 is 1.40 bits per heavy atom. The molecule has 4 nitrogen and oxygen atoms in total. The van der Waals surface area contributed by atoms with Crippen molar-refractivity contribution in [3.63, 3.8) is 0 Å².